The van der Waals surface area contributed by atoms with Crippen LogP contribution in [0.1, 0.15) is 30.6 Å². The predicted octanol–water partition coefficient (Wildman–Crippen LogP) is 3.67. The Morgan fingerprint density at radius 2 is 1.96 bits per heavy atom. The van der Waals surface area contributed by atoms with Crippen LogP contribution in [0.3, 0.4) is 0 Å². The van der Waals surface area contributed by atoms with Gasteiger partial charge in [-0.25, -0.2) is 4.39 Å². The van der Waals surface area contributed by atoms with Crippen molar-refractivity contribution in [2.75, 3.05) is 26.7 Å². The number of benzene rings is 1. The Morgan fingerprint density at radius 1 is 1.19 bits per heavy atom. The molecule has 140 valence electrons. The SMILES string of the molecule is CN(Cc1ccco1)C1COC2(CCN(Cc3ccc(F)cc3)CC2)C1. The smallest absolute Gasteiger partial charge is 0.123 e. The number of piperidine rings is 1. The minimum absolute atomic E-state index is 0.0292. The van der Waals surface area contributed by atoms with Gasteiger partial charge in [0.15, 0.2) is 0 Å². The van der Waals surface area contributed by atoms with Gasteiger partial charge in [0.25, 0.3) is 0 Å². The summed E-state index contributed by atoms with van der Waals surface area (Å²) in [5, 5.41) is 0. The van der Waals surface area contributed by atoms with Crippen LogP contribution < -0.4 is 0 Å². The summed E-state index contributed by atoms with van der Waals surface area (Å²) in [7, 11) is 2.15. The summed E-state index contributed by atoms with van der Waals surface area (Å²) < 4.78 is 24.8. The summed E-state index contributed by atoms with van der Waals surface area (Å²) in [6.07, 6.45) is 4.96. The highest BCUT2D eigenvalue weighted by Gasteiger charge is 2.43. The Bertz CT molecular complexity index is 693. The average Bonchev–Trinajstić information content (AvgIpc) is 3.30. The molecule has 3 heterocycles. The molecular weight excluding hydrogens is 331 g/mol. The molecule has 26 heavy (non-hydrogen) atoms. The summed E-state index contributed by atoms with van der Waals surface area (Å²) in [6, 6.07) is 11.3. The molecule has 0 N–H and O–H groups in total. The molecule has 0 saturated carbocycles. The van der Waals surface area contributed by atoms with E-state index in [-0.39, 0.29) is 11.4 Å². The molecule has 0 aliphatic carbocycles. The molecule has 0 amide bonds. The Kier molecular flexibility index (Phi) is 5.11. The molecule has 1 aromatic heterocycles. The van der Waals surface area contributed by atoms with Crippen LogP contribution in [-0.4, -0.2) is 48.2 Å². The molecule has 0 radical (unpaired) electrons. The van der Waals surface area contributed by atoms with Crippen molar-refractivity contribution in [1.29, 1.82) is 0 Å². The molecule has 0 bridgehead atoms. The number of furan rings is 1. The molecule has 1 atom stereocenters. The Hall–Kier alpha value is -1.69. The predicted molar refractivity (Wildman–Crippen MR) is 98.2 cm³/mol. The third-order valence-corrected chi connectivity index (χ3v) is 5.88. The van der Waals surface area contributed by atoms with Crippen LogP contribution in [0.4, 0.5) is 4.39 Å². The van der Waals surface area contributed by atoms with Crippen LogP contribution in [0.2, 0.25) is 0 Å². The van der Waals surface area contributed by atoms with Crippen molar-refractivity contribution in [3.8, 4) is 0 Å². The number of rotatable bonds is 5. The number of ether oxygens (including phenoxy) is 1. The number of likely N-dealkylation sites (N-methyl/N-ethyl adjacent to an activating group) is 1. The number of hydrogen-bond donors (Lipinski definition) is 0. The summed E-state index contributed by atoms with van der Waals surface area (Å²) in [4.78, 5) is 4.79. The second kappa shape index (κ2) is 7.51. The lowest BCUT2D eigenvalue weighted by molar-refractivity contribution is -0.0452. The first-order valence-electron chi connectivity index (χ1n) is 9.45. The van der Waals surface area contributed by atoms with Crippen LogP contribution in [0, 0.1) is 5.82 Å². The lowest BCUT2D eigenvalue weighted by Gasteiger charge is -2.39. The van der Waals surface area contributed by atoms with Gasteiger partial charge in [0.1, 0.15) is 11.6 Å². The molecule has 4 rings (SSSR count). The van der Waals surface area contributed by atoms with E-state index in [0.717, 1.165) is 57.8 Å². The van der Waals surface area contributed by atoms with Crippen molar-refractivity contribution in [2.45, 2.75) is 44.0 Å². The van der Waals surface area contributed by atoms with E-state index in [1.807, 2.05) is 24.3 Å². The Morgan fingerprint density at radius 3 is 2.65 bits per heavy atom. The molecule has 1 unspecified atom stereocenters. The van der Waals surface area contributed by atoms with Gasteiger partial charge < -0.3 is 9.15 Å². The minimum Gasteiger partial charge on any atom is -0.468 e. The van der Waals surface area contributed by atoms with Gasteiger partial charge in [0.05, 0.1) is 25.0 Å². The first-order valence-corrected chi connectivity index (χ1v) is 9.45. The van der Waals surface area contributed by atoms with E-state index >= 15 is 0 Å². The van der Waals surface area contributed by atoms with Gasteiger partial charge in [0.2, 0.25) is 0 Å². The van der Waals surface area contributed by atoms with Crippen LogP contribution in [0.25, 0.3) is 0 Å². The maximum atomic E-state index is 13.0. The van der Waals surface area contributed by atoms with Crippen molar-refractivity contribution in [1.82, 2.24) is 9.80 Å². The maximum absolute atomic E-state index is 13.0. The van der Waals surface area contributed by atoms with E-state index in [9.17, 15) is 4.39 Å². The topological polar surface area (TPSA) is 28.9 Å². The van der Waals surface area contributed by atoms with Crippen LogP contribution >= 0.6 is 0 Å². The number of likely N-dealkylation sites (tertiary alicyclic amines) is 1. The summed E-state index contributed by atoms with van der Waals surface area (Å²) >= 11 is 0. The van der Waals surface area contributed by atoms with E-state index in [1.54, 1.807) is 18.4 Å². The summed E-state index contributed by atoms with van der Waals surface area (Å²) in [6.45, 7) is 4.58. The largest absolute Gasteiger partial charge is 0.468 e. The molecule has 1 aromatic carbocycles. The fourth-order valence-corrected chi connectivity index (χ4v) is 4.20. The molecule has 2 aromatic rings. The molecule has 5 heteroatoms. The fourth-order valence-electron chi connectivity index (χ4n) is 4.20. The van der Waals surface area contributed by atoms with Crippen molar-refractivity contribution < 1.29 is 13.5 Å². The summed E-state index contributed by atoms with van der Waals surface area (Å²) in [5.41, 5.74) is 1.20. The van der Waals surface area contributed by atoms with Crippen molar-refractivity contribution >= 4 is 0 Å². The maximum Gasteiger partial charge on any atom is 0.123 e. The molecular formula is C21H27FN2O2. The zero-order valence-electron chi connectivity index (χ0n) is 15.4. The highest BCUT2D eigenvalue weighted by molar-refractivity contribution is 5.16. The van der Waals surface area contributed by atoms with E-state index in [2.05, 4.69) is 16.8 Å². The Labute approximate surface area is 154 Å². The number of nitrogens with zero attached hydrogens (tertiary/aromatic N) is 2. The first kappa shape index (κ1) is 17.7. The van der Waals surface area contributed by atoms with Crippen molar-refractivity contribution in [2.24, 2.45) is 0 Å². The van der Waals surface area contributed by atoms with Crippen LogP contribution in [0.5, 0.6) is 0 Å². The van der Waals surface area contributed by atoms with Crippen LogP contribution in [0.15, 0.2) is 47.1 Å². The molecule has 2 fully saturated rings. The highest BCUT2D eigenvalue weighted by Crippen LogP contribution is 2.38. The van der Waals surface area contributed by atoms with E-state index < -0.39 is 0 Å². The van der Waals surface area contributed by atoms with Gasteiger partial charge in [-0.3, -0.25) is 9.80 Å². The minimum atomic E-state index is -0.171. The monoisotopic (exact) mass is 358 g/mol. The van der Waals surface area contributed by atoms with E-state index in [4.69, 9.17) is 9.15 Å². The molecule has 2 aliphatic heterocycles. The molecule has 1 spiro atoms. The zero-order valence-corrected chi connectivity index (χ0v) is 15.4. The zero-order chi connectivity index (χ0) is 18.0. The molecule has 4 nitrogen and oxygen atoms in total. The normalized spacial score (nSPS) is 23.1. The van der Waals surface area contributed by atoms with Crippen molar-refractivity contribution in [3.63, 3.8) is 0 Å². The van der Waals surface area contributed by atoms with Gasteiger partial charge >= 0.3 is 0 Å². The van der Waals surface area contributed by atoms with Gasteiger partial charge in [-0.05, 0) is 56.1 Å². The van der Waals surface area contributed by atoms with Gasteiger partial charge in [-0.2, -0.15) is 0 Å². The van der Waals surface area contributed by atoms with E-state index in [1.165, 1.54) is 5.56 Å². The lowest BCUT2D eigenvalue weighted by Crippen LogP contribution is -2.44. The molecule has 2 aliphatic rings. The van der Waals surface area contributed by atoms with Gasteiger partial charge in [0, 0.05) is 25.7 Å². The van der Waals surface area contributed by atoms with E-state index in [0.29, 0.717) is 6.04 Å². The first-order chi connectivity index (χ1) is 12.6. The van der Waals surface area contributed by atoms with Gasteiger partial charge in [-0.15, -0.1) is 0 Å². The lowest BCUT2D eigenvalue weighted by atomic mass is 9.87. The molecule has 2 saturated heterocycles. The number of halogens is 1. The van der Waals surface area contributed by atoms with Crippen molar-refractivity contribution in [3.05, 3.63) is 59.8 Å². The quantitative estimate of drug-likeness (QED) is 0.815. The Balaban J connectivity index is 1.28. The highest BCUT2D eigenvalue weighted by atomic mass is 19.1. The van der Waals surface area contributed by atoms with Crippen LogP contribution in [-0.2, 0) is 17.8 Å². The third kappa shape index (κ3) is 4.00. The second-order valence-electron chi connectivity index (χ2n) is 7.75. The van der Waals surface area contributed by atoms with Gasteiger partial charge in [-0.1, -0.05) is 12.1 Å². The second-order valence-corrected chi connectivity index (χ2v) is 7.75. The number of hydrogen-bond acceptors (Lipinski definition) is 4. The summed E-state index contributed by atoms with van der Waals surface area (Å²) in [5.74, 6) is 0.831. The average molecular weight is 358 g/mol. The third-order valence-electron chi connectivity index (χ3n) is 5.88. The fraction of sp³-hybridized carbons (Fsp3) is 0.524. The standard InChI is InChI=1S/C21H27FN2O2/c1-23(15-20-3-2-12-25-20)19-13-21(26-16-19)8-10-24(11-9-21)14-17-4-6-18(22)7-5-17/h2-7,12,19H,8-11,13-16H2,1H3.